The molecule has 7 heteroatoms. The van der Waals surface area contributed by atoms with E-state index in [2.05, 4.69) is 29.2 Å². The van der Waals surface area contributed by atoms with Crippen LogP contribution in [0.4, 0.5) is 5.69 Å². The lowest BCUT2D eigenvalue weighted by Gasteiger charge is -2.29. The van der Waals surface area contributed by atoms with Gasteiger partial charge in [0.2, 0.25) is 10.0 Å². The molecule has 2 aromatic carbocycles. The summed E-state index contributed by atoms with van der Waals surface area (Å²) in [6.45, 7) is 3.78. The quantitative estimate of drug-likeness (QED) is 0.657. The van der Waals surface area contributed by atoms with E-state index >= 15 is 0 Å². The highest BCUT2D eigenvalue weighted by Gasteiger charge is 2.26. The smallest absolute Gasteiger partial charge is 0.253 e. The normalized spacial score (nSPS) is 17.8. The molecule has 172 valence electrons. The summed E-state index contributed by atoms with van der Waals surface area (Å²) < 4.78 is 27.5. The van der Waals surface area contributed by atoms with Crippen LogP contribution in [0.15, 0.2) is 53.4 Å². The van der Waals surface area contributed by atoms with Crippen molar-refractivity contribution >= 4 is 21.6 Å². The molecule has 0 bridgehead atoms. The second-order valence-electron chi connectivity index (χ2n) is 8.87. The summed E-state index contributed by atoms with van der Waals surface area (Å²) in [4.78, 5) is 17.3. The SMILES string of the molecule is CN(Cc1ccc(N2CCCCC2)cc1)C(=O)c1cccc(S(=O)(=O)N2CCCCC2)c1. The number of hydrogen-bond donors (Lipinski definition) is 0. The van der Waals surface area contributed by atoms with Crippen LogP contribution in [0.25, 0.3) is 0 Å². The Morgan fingerprint density at radius 1 is 0.875 bits per heavy atom. The van der Waals surface area contributed by atoms with E-state index in [-0.39, 0.29) is 10.8 Å². The van der Waals surface area contributed by atoms with Crippen molar-refractivity contribution in [1.82, 2.24) is 9.21 Å². The molecule has 2 heterocycles. The number of nitrogens with zero attached hydrogens (tertiary/aromatic N) is 3. The van der Waals surface area contributed by atoms with Crippen molar-refractivity contribution < 1.29 is 13.2 Å². The van der Waals surface area contributed by atoms with Gasteiger partial charge in [0, 0.05) is 51.0 Å². The fraction of sp³-hybridized carbons (Fsp3) is 0.480. The van der Waals surface area contributed by atoms with Crippen LogP contribution < -0.4 is 4.90 Å². The first-order valence-corrected chi connectivity index (χ1v) is 13.1. The number of carbonyl (C=O) groups excluding carboxylic acids is 1. The number of amides is 1. The Bertz CT molecular complexity index is 1020. The fourth-order valence-corrected chi connectivity index (χ4v) is 6.14. The average Bonchev–Trinajstić information content (AvgIpc) is 2.85. The number of benzene rings is 2. The first kappa shape index (κ1) is 22.8. The molecule has 4 rings (SSSR count). The van der Waals surface area contributed by atoms with E-state index in [1.54, 1.807) is 30.1 Å². The molecule has 32 heavy (non-hydrogen) atoms. The third-order valence-electron chi connectivity index (χ3n) is 6.46. The van der Waals surface area contributed by atoms with Crippen LogP contribution in [0.5, 0.6) is 0 Å². The van der Waals surface area contributed by atoms with Crippen LogP contribution in [-0.4, -0.2) is 56.8 Å². The van der Waals surface area contributed by atoms with Gasteiger partial charge in [-0.15, -0.1) is 0 Å². The van der Waals surface area contributed by atoms with E-state index in [0.717, 1.165) is 37.9 Å². The largest absolute Gasteiger partial charge is 0.372 e. The minimum absolute atomic E-state index is 0.180. The summed E-state index contributed by atoms with van der Waals surface area (Å²) >= 11 is 0. The maximum atomic E-state index is 13.0. The van der Waals surface area contributed by atoms with Crippen LogP contribution in [0.3, 0.4) is 0 Å². The lowest BCUT2D eigenvalue weighted by Crippen LogP contribution is -2.35. The Hall–Kier alpha value is -2.38. The van der Waals surface area contributed by atoms with Crippen molar-refractivity contribution in [2.75, 3.05) is 38.1 Å². The molecule has 0 N–H and O–H groups in total. The molecule has 2 aliphatic heterocycles. The van der Waals surface area contributed by atoms with Crippen molar-refractivity contribution in [1.29, 1.82) is 0 Å². The number of anilines is 1. The van der Waals surface area contributed by atoms with Crippen LogP contribution >= 0.6 is 0 Å². The van der Waals surface area contributed by atoms with E-state index in [9.17, 15) is 13.2 Å². The molecule has 0 aromatic heterocycles. The first-order valence-electron chi connectivity index (χ1n) is 11.6. The Morgan fingerprint density at radius 3 is 2.16 bits per heavy atom. The number of sulfonamides is 1. The van der Waals surface area contributed by atoms with Crippen LogP contribution in [0, 0.1) is 0 Å². The lowest BCUT2D eigenvalue weighted by atomic mass is 10.1. The predicted octanol–water partition coefficient (Wildman–Crippen LogP) is 4.12. The average molecular weight is 456 g/mol. The predicted molar refractivity (Wildman–Crippen MR) is 127 cm³/mol. The summed E-state index contributed by atoms with van der Waals surface area (Å²) in [6.07, 6.45) is 6.63. The number of carbonyl (C=O) groups is 1. The summed E-state index contributed by atoms with van der Waals surface area (Å²) in [5.74, 6) is -0.180. The molecule has 6 nitrogen and oxygen atoms in total. The fourth-order valence-electron chi connectivity index (χ4n) is 4.57. The monoisotopic (exact) mass is 455 g/mol. The molecular weight excluding hydrogens is 422 g/mol. The Kier molecular flexibility index (Phi) is 7.16. The second-order valence-corrected chi connectivity index (χ2v) is 10.8. The molecule has 2 aliphatic rings. The van der Waals surface area contributed by atoms with E-state index in [0.29, 0.717) is 25.2 Å². The highest BCUT2D eigenvalue weighted by molar-refractivity contribution is 7.89. The van der Waals surface area contributed by atoms with Gasteiger partial charge in [-0.1, -0.05) is 24.6 Å². The molecule has 0 radical (unpaired) electrons. The second kappa shape index (κ2) is 10.0. The first-order chi connectivity index (χ1) is 15.4. The maximum Gasteiger partial charge on any atom is 0.253 e. The maximum absolute atomic E-state index is 13.0. The molecule has 0 saturated carbocycles. The minimum Gasteiger partial charge on any atom is -0.372 e. The van der Waals surface area contributed by atoms with Gasteiger partial charge >= 0.3 is 0 Å². The van der Waals surface area contributed by atoms with Crippen molar-refractivity contribution in [3.8, 4) is 0 Å². The van der Waals surface area contributed by atoms with E-state index < -0.39 is 10.0 Å². The molecule has 1 amide bonds. The van der Waals surface area contributed by atoms with Gasteiger partial charge in [-0.3, -0.25) is 4.79 Å². The van der Waals surface area contributed by atoms with Gasteiger partial charge in [-0.2, -0.15) is 4.31 Å². The third-order valence-corrected chi connectivity index (χ3v) is 8.35. The summed E-state index contributed by atoms with van der Waals surface area (Å²) in [5, 5.41) is 0. The van der Waals surface area contributed by atoms with Gasteiger partial charge in [0.1, 0.15) is 0 Å². The Morgan fingerprint density at radius 2 is 1.50 bits per heavy atom. The zero-order chi connectivity index (χ0) is 22.6. The van der Waals surface area contributed by atoms with Crippen molar-refractivity contribution in [3.05, 3.63) is 59.7 Å². The van der Waals surface area contributed by atoms with Gasteiger partial charge in [-0.25, -0.2) is 8.42 Å². The molecule has 0 atom stereocenters. The van der Waals surface area contributed by atoms with E-state index in [1.165, 1.54) is 35.3 Å². The van der Waals surface area contributed by atoms with Crippen molar-refractivity contribution in [3.63, 3.8) is 0 Å². The minimum atomic E-state index is -3.56. The summed E-state index contributed by atoms with van der Waals surface area (Å²) in [6, 6.07) is 14.9. The zero-order valence-electron chi connectivity index (χ0n) is 18.9. The summed E-state index contributed by atoms with van der Waals surface area (Å²) in [5.41, 5.74) is 2.69. The van der Waals surface area contributed by atoms with Gasteiger partial charge in [0.05, 0.1) is 4.90 Å². The molecular formula is C25H33N3O3S. The Balaban J connectivity index is 1.43. The number of piperidine rings is 2. The molecule has 2 aromatic rings. The highest BCUT2D eigenvalue weighted by atomic mass is 32.2. The van der Waals surface area contributed by atoms with Crippen molar-refractivity contribution in [2.24, 2.45) is 0 Å². The van der Waals surface area contributed by atoms with E-state index in [1.807, 2.05) is 0 Å². The topological polar surface area (TPSA) is 60.9 Å². The molecule has 0 unspecified atom stereocenters. The molecule has 0 aliphatic carbocycles. The third kappa shape index (κ3) is 5.15. The van der Waals surface area contributed by atoms with Crippen molar-refractivity contribution in [2.45, 2.75) is 50.0 Å². The summed E-state index contributed by atoms with van der Waals surface area (Å²) in [7, 11) is -1.80. The van der Waals surface area contributed by atoms with Crippen LogP contribution in [-0.2, 0) is 16.6 Å². The Labute approximate surface area is 191 Å². The number of rotatable bonds is 6. The lowest BCUT2D eigenvalue weighted by molar-refractivity contribution is 0.0785. The number of hydrogen-bond acceptors (Lipinski definition) is 4. The van der Waals surface area contributed by atoms with Gasteiger partial charge < -0.3 is 9.80 Å². The molecule has 0 spiro atoms. The van der Waals surface area contributed by atoms with E-state index in [4.69, 9.17) is 0 Å². The van der Waals surface area contributed by atoms with Crippen LogP contribution in [0.2, 0.25) is 0 Å². The highest BCUT2D eigenvalue weighted by Crippen LogP contribution is 2.23. The molecule has 2 fully saturated rings. The van der Waals surface area contributed by atoms with Gasteiger partial charge in [0.25, 0.3) is 5.91 Å². The van der Waals surface area contributed by atoms with Crippen LogP contribution in [0.1, 0.15) is 54.4 Å². The van der Waals surface area contributed by atoms with Gasteiger partial charge in [-0.05, 0) is 68.0 Å². The standard InChI is InChI=1S/C25H33N3O3S/c1-26(20-21-11-13-23(14-12-21)27-15-4-2-5-16-27)25(29)22-9-8-10-24(19-22)32(30,31)28-17-6-3-7-18-28/h8-14,19H,2-7,15-18,20H2,1H3. The zero-order valence-corrected chi connectivity index (χ0v) is 19.7. The van der Waals surface area contributed by atoms with Gasteiger partial charge in [0.15, 0.2) is 0 Å². The molecule has 2 saturated heterocycles.